The standard InChI is InChI=1S/C24H23BrF3N3O2/c25-16-2-4-18(20(11-16)30-9-7-23(5-6-23)8-10-30)21(32)29-17-3-1-15-13-31(14-24(26,27)28)22(33)19(15)12-17/h1-4,11-12H,5-10,13-14H2,(H,29,32). The van der Waals surface area contributed by atoms with Gasteiger partial charge >= 0.3 is 6.18 Å². The lowest BCUT2D eigenvalue weighted by Gasteiger charge is -2.35. The highest BCUT2D eigenvalue weighted by molar-refractivity contribution is 9.10. The van der Waals surface area contributed by atoms with Crippen LogP contribution in [-0.2, 0) is 6.54 Å². The van der Waals surface area contributed by atoms with E-state index in [9.17, 15) is 22.8 Å². The molecule has 2 heterocycles. The minimum absolute atomic E-state index is 0.0881. The van der Waals surface area contributed by atoms with Crippen molar-refractivity contribution in [1.29, 1.82) is 0 Å². The molecule has 3 aliphatic rings. The smallest absolute Gasteiger partial charge is 0.371 e. The Balaban J connectivity index is 1.34. The molecule has 0 aromatic heterocycles. The number of hydrogen-bond acceptors (Lipinski definition) is 3. The molecule has 1 aliphatic carbocycles. The van der Waals surface area contributed by atoms with Gasteiger partial charge in [0.1, 0.15) is 6.54 Å². The zero-order chi connectivity index (χ0) is 23.4. The zero-order valence-corrected chi connectivity index (χ0v) is 19.4. The van der Waals surface area contributed by atoms with E-state index < -0.39 is 18.6 Å². The molecule has 1 N–H and O–H groups in total. The monoisotopic (exact) mass is 521 g/mol. The Morgan fingerprint density at radius 3 is 2.45 bits per heavy atom. The Kier molecular flexibility index (Phi) is 5.42. The number of hydrogen-bond donors (Lipinski definition) is 1. The van der Waals surface area contributed by atoms with Gasteiger partial charge in [-0.3, -0.25) is 9.59 Å². The van der Waals surface area contributed by atoms with E-state index in [1.54, 1.807) is 18.2 Å². The Morgan fingerprint density at radius 2 is 1.79 bits per heavy atom. The Labute approximate surface area is 198 Å². The number of anilines is 2. The molecule has 174 valence electrons. The number of halogens is 4. The third-order valence-corrected chi connectivity index (χ3v) is 7.44. The van der Waals surface area contributed by atoms with Gasteiger partial charge in [0.25, 0.3) is 11.8 Å². The van der Waals surface area contributed by atoms with Crippen molar-refractivity contribution in [1.82, 2.24) is 4.90 Å². The van der Waals surface area contributed by atoms with E-state index in [0.29, 0.717) is 22.2 Å². The molecule has 0 atom stereocenters. The maximum atomic E-state index is 13.2. The van der Waals surface area contributed by atoms with Crippen LogP contribution in [0.2, 0.25) is 0 Å². The molecular weight excluding hydrogens is 499 g/mol. The predicted molar refractivity (Wildman–Crippen MR) is 122 cm³/mol. The summed E-state index contributed by atoms with van der Waals surface area (Å²) >= 11 is 3.50. The minimum Gasteiger partial charge on any atom is -0.371 e. The summed E-state index contributed by atoms with van der Waals surface area (Å²) in [5.41, 5.74) is 2.99. The van der Waals surface area contributed by atoms with Gasteiger partial charge in [-0.15, -0.1) is 0 Å². The van der Waals surface area contributed by atoms with Gasteiger partial charge in [-0.05, 0) is 67.0 Å². The van der Waals surface area contributed by atoms with Crippen molar-refractivity contribution in [2.45, 2.75) is 38.4 Å². The van der Waals surface area contributed by atoms with Gasteiger partial charge in [-0.2, -0.15) is 13.2 Å². The van der Waals surface area contributed by atoms with Crippen LogP contribution in [0.1, 0.15) is 52.0 Å². The molecule has 0 bridgehead atoms. The van der Waals surface area contributed by atoms with Crippen LogP contribution in [0.4, 0.5) is 24.5 Å². The largest absolute Gasteiger partial charge is 0.406 e. The second-order valence-electron chi connectivity index (χ2n) is 9.25. The summed E-state index contributed by atoms with van der Waals surface area (Å²) in [6, 6.07) is 10.2. The lowest BCUT2D eigenvalue weighted by Crippen LogP contribution is -2.35. The lowest BCUT2D eigenvalue weighted by atomic mass is 9.93. The summed E-state index contributed by atoms with van der Waals surface area (Å²) in [4.78, 5) is 28.6. The lowest BCUT2D eigenvalue weighted by molar-refractivity contribution is -0.140. The number of rotatable bonds is 4. The summed E-state index contributed by atoms with van der Waals surface area (Å²) in [6.07, 6.45) is 0.387. The fourth-order valence-electron chi connectivity index (χ4n) is 4.84. The van der Waals surface area contributed by atoms with Crippen molar-refractivity contribution in [2.75, 3.05) is 29.9 Å². The van der Waals surface area contributed by atoms with Crippen LogP contribution in [0, 0.1) is 5.41 Å². The number of alkyl halides is 3. The first-order valence-electron chi connectivity index (χ1n) is 11.0. The molecule has 2 fully saturated rings. The molecule has 0 unspecified atom stereocenters. The average Bonchev–Trinajstić information content (AvgIpc) is 3.44. The van der Waals surface area contributed by atoms with Crippen LogP contribution in [0.15, 0.2) is 40.9 Å². The van der Waals surface area contributed by atoms with Crippen molar-refractivity contribution in [2.24, 2.45) is 5.41 Å². The third kappa shape index (κ3) is 4.60. The molecule has 2 aromatic rings. The number of piperidine rings is 1. The summed E-state index contributed by atoms with van der Waals surface area (Å²) < 4.78 is 39.1. The van der Waals surface area contributed by atoms with Crippen molar-refractivity contribution in [3.05, 3.63) is 57.6 Å². The number of carbonyl (C=O) groups is 2. The van der Waals surface area contributed by atoms with E-state index in [-0.39, 0.29) is 18.0 Å². The van der Waals surface area contributed by atoms with E-state index in [4.69, 9.17) is 0 Å². The van der Waals surface area contributed by atoms with Gasteiger partial charge in [0.05, 0.1) is 11.3 Å². The van der Waals surface area contributed by atoms with Crippen LogP contribution in [-0.4, -0.2) is 42.5 Å². The normalized spacial score (nSPS) is 19.1. The quantitative estimate of drug-likeness (QED) is 0.569. The number of nitrogens with zero attached hydrogens (tertiary/aromatic N) is 2. The van der Waals surface area contributed by atoms with Crippen LogP contribution in [0.5, 0.6) is 0 Å². The van der Waals surface area contributed by atoms with Gasteiger partial charge in [0.15, 0.2) is 0 Å². The zero-order valence-electron chi connectivity index (χ0n) is 17.8. The summed E-state index contributed by atoms with van der Waals surface area (Å²) in [5, 5.41) is 2.83. The SMILES string of the molecule is O=C(Nc1ccc2c(c1)C(=O)N(CC(F)(F)F)C2)c1ccc(Br)cc1N1CCC2(CC1)CC2. The van der Waals surface area contributed by atoms with Crippen LogP contribution in [0.25, 0.3) is 0 Å². The molecule has 2 amide bonds. The molecular formula is C24H23BrF3N3O2. The molecule has 9 heteroatoms. The number of benzene rings is 2. The minimum atomic E-state index is -4.46. The van der Waals surface area contributed by atoms with E-state index in [1.165, 1.54) is 18.9 Å². The number of amides is 2. The molecule has 2 aliphatic heterocycles. The average molecular weight is 522 g/mol. The molecule has 2 aromatic carbocycles. The number of fused-ring (bicyclic) bond motifs is 1. The fourth-order valence-corrected chi connectivity index (χ4v) is 5.19. The first kappa shape index (κ1) is 22.3. The Morgan fingerprint density at radius 1 is 1.06 bits per heavy atom. The molecule has 1 saturated carbocycles. The highest BCUT2D eigenvalue weighted by atomic mass is 79.9. The first-order valence-corrected chi connectivity index (χ1v) is 11.8. The Hall–Kier alpha value is -2.55. The van der Waals surface area contributed by atoms with E-state index in [1.807, 2.05) is 12.1 Å². The predicted octanol–water partition coefficient (Wildman–Crippen LogP) is 5.60. The van der Waals surface area contributed by atoms with Gasteiger partial charge in [0, 0.05) is 35.4 Å². The van der Waals surface area contributed by atoms with Gasteiger partial charge < -0.3 is 15.1 Å². The second-order valence-corrected chi connectivity index (χ2v) is 10.2. The van der Waals surface area contributed by atoms with Crippen molar-refractivity contribution in [3.8, 4) is 0 Å². The maximum Gasteiger partial charge on any atom is 0.406 e. The highest BCUT2D eigenvalue weighted by Crippen LogP contribution is 2.54. The number of nitrogens with one attached hydrogen (secondary N) is 1. The summed E-state index contributed by atoms with van der Waals surface area (Å²) in [5.74, 6) is -0.994. The van der Waals surface area contributed by atoms with Crippen LogP contribution in [0.3, 0.4) is 0 Å². The van der Waals surface area contributed by atoms with Crippen molar-refractivity contribution in [3.63, 3.8) is 0 Å². The van der Waals surface area contributed by atoms with Crippen LogP contribution < -0.4 is 10.2 Å². The fraction of sp³-hybridized carbons (Fsp3) is 0.417. The highest BCUT2D eigenvalue weighted by Gasteiger charge is 2.44. The molecule has 1 saturated heterocycles. The van der Waals surface area contributed by atoms with E-state index in [0.717, 1.165) is 41.0 Å². The Bertz CT molecular complexity index is 1120. The second kappa shape index (κ2) is 8.04. The maximum absolute atomic E-state index is 13.2. The third-order valence-electron chi connectivity index (χ3n) is 6.94. The van der Waals surface area contributed by atoms with Crippen LogP contribution >= 0.6 is 15.9 Å². The van der Waals surface area contributed by atoms with Gasteiger partial charge in [-0.25, -0.2) is 0 Å². The molecule has 33 heavy (non-hydrogen) atoms. The van der Waals surface area contributed by atoms with E-state index >= 15 is 0 Å². The molecule has 5 nitrogen and oxygen atoms in total. The first-order chi connectivity index (χ1) is 15.6. The van der Waals surface area contributed by atoms with Crippen molar-refractivity contribution >= 4 is 39.1 Å². The topological polar surface area (TPSA) is 52.7 Å². The number of carbonyl (C=O) groups excluding carboxylic acids is 2. The van der Waals surface area contributed by atoms with Gasteiger partial charge in [0.2, 0.25) is 0 Å². The molecule has 5 rings (SSSR count). The summed E-state index contributed by atoms with van der Waals surface area (Å²) in [6.45, 7) is 0.426. The van der Waals surface area contributed by atoms with Crippen molar-refractivity contribution < 1.29 is 22.8 Å². The molecule has 1 spiro atoms. The van der Waals surface area contributed by atoms with E-state index in [2.05, 4.69) is 26.1 Å². The summed E-state index contributed by atoms with van der Waals surface area (Å²) in [7, 11) is 0. The van der Waals surface area contributed by atoms with Gasteiger partial charge in [-0.1, -0.05) is 22.0 Å². The molecule has 0 radical (unpaired) electrons.